The van der Waals surface area contributed by atoms with Gasteiger partial charge in [0.05, 0.1) is 0 Å². The van der Waals surface area contributed by atoms with Crippen molar-refractivity contribution in [2.75, 3.05) is 44.1 Å². The summed E-state index contributed by atoms with van der Waals surface area (Å²) in [5.74, 6) is 0.510. The Balaban J connectivity index is 1.68. The summed E-state index contributed by atoms with van der Waals surface area (Å²) in [6.07, 6.45) is 3.34. The van der Waals surface area contributed by atoms with Crippen molar-refractivity contribution in [3.63, 3.8) is 0 Å². The van der Waals surface area contributed by atoms with Gasteiger partial charge in [0, 0.05) is 56.7 Å². The zero-order chi connectivity index (χ0) is 13.9. The third-order valence-corrected chi connectivity index (χ3v) is 4.57. The number of anilines is 2. The molecule has 0 aromatic heterocycles. The number of methoxy groups -OCH3 is 2. The third-order valence-electron chi connectivity index (χ3n) is 4.57. The minimum Gasteiger partial charge on any atom is -0.384 e. The Morgan fingerprint density at radius 2 is 1.95 bits per heavy atom. The van der Waals surface area contributed by atoms with Crippen LogP contribution in [0, 0.1) is 5.92 Å². The van der Waals surface area contributed by atoms with Crippen molar-refractivity contribution in [2.24, 2.45) is 5.92 Å². The molecule has 3 rings (SSSR count). The third kappa shape index (κ3) is 2.50. The monoisotopic (exact) mass is 276 g/mol. The number of benzene rings is 1. The van der Waals surface area contributed by atoms with Crippen LogP contribution in [0.2, 0.25) is 0 Å². The molecular formula is C16H24N2O2. The molecule has 0 aliphatic carbocycles. The smallest absolute Gasteiger partial charge is 0.159 e. The van der Waals surface area contributed by atoms with Gasteiger partial charge in [0.2, 0.25) is 0 Å². The molecule has 1 aromatic rings. The van der Waals surface area contributed by atoms with Crippen LogP contribution < -0.4 is 10.2 Å². The van der Waals surface area contributed by atoms with Crippen molar-refractivity contribution in [3.05, 3.63) is 23.8 Å². The van der Waals surface area contributed by atoms with Crippen molar-refractivity contribution in [3.8, 4) is 0 Å². The van der Waals surface area contributed by atoms with Crippen LogP contribution in [0.3, 0.4) is 0 Å². The van der Waals surface area contributed by atoms with Crippen LogP contribution >= 0.6 is 0 Å². The zero-order valence-corrected chi connectivity index (χ0v) is 12.4. The van der Waals surface area contributed by atoms with Gasteiger partial charge >= 0.3 is 0 Å². The lowest BCUT2D eigenvalue weighted by Gasteiger charge is -2.36. The number of nitrogens with zero attached hydrogens (tertiary/aromatic N) is 1. The van der Waals surface area contributed by atoms with E-state index in [0.29, 0.717) is 5.92 Å². The van der Waals surface area contributed by atoms with E-state index in [0.717, 1.165) is 38.9 Å². The lowest BCUT2D eigenvalue weighted by molar-refractivity contribution is -0.141. The summed E-state index contributed by atoms with van der Waals surface area (Å²) in [6.45, 7) is 3.24. The topological polar surface area (TPSA) is 33.7 Å². The van der Waals surface area contributed by atoms with E-state index in [-0.39, 0.29) is 6.29 Å². The highest BCUT2D eigenvalue weighted by molar-refractivity contribution is 5.69. The molecule has 2 heterocycles. The molecule has 2 aliphatic rings. The molecule has 0 spiro atoms. The minimum atomic E-state index is -0.0553. The highest BCUT2D eigenvalue weighted by atomic mass is 16.7. The standard InChI is InChI=1S/C16H24N2O2/c1-19-16(20-2)12-7-10-18(11-8-12)15-5-3-4-14-13(15)6-9-17-14/h3-5,12,16-17H,6-11H2,1-2H3. The lowest BCUT2D eigenvalue weighted by Crippen LogP contribution is -2.39. The van der Waals surface area contributed by atoms with Gasteiger partial charge < -0.3 is 19.7 Å². The van der Waals surface area contributed by atoms with E-state index in [1.807, 2.05) is 0 Å². The normalized spacial score (nSPS) is 19.2. The van der Waals surface area contributed by atoms with Crippen molar-refractivity contribution in [2.45, 2.75) is 25.6 Å². The number of fused-ring (bicyclic) bond motifs is 1. The second-order valence-corrected chi connectivity index (χ2v) is 5.64. The quantitative estimate of drug-likeness (QED) is 0.857. The molecule has 0 amide bonds. The fraction of sp³-hybridized carbons (Fsp3) is 0.625. The fourth-order valence-electron chi connectivity index (χ4n) is 3.52. The molecule has 1 saturated heterocycles. The van der Waals surface area contributed by atoms with Crippen LogP contribution in [0.15, 0.2) is 18.2 Å². The van der Waals surface area contributed by atoms with Gasteiger partial charge in [-0.15, -0.1) is 0 Å². The van der Waals surface area contributed by atoms with E-state index in [2.05, 4.69) is 28.4 Å². The van der Waals surface area contributed by atoms with Crippen molar-refractivity contribution >= 4 is 11.4 Å². The molecule has 20 heavy (non-hydrogen) atoms. The Bertz CT molecular complexity index is 452. The van der Waals surface area contributed by atoms with Gasteiger partial charge in [-0.3, -0.25) is 0 Å². The summed E-state index contributed by atoms with van der Waals surface area (Å²) >= 11 is 0. The van der Waals surface area contributed by atoms with E-state index in [1.165, 1.54) is 16.9 Å². The second-order valence-electron chi connectivity index (χ2n) is 5.64. The Labute approximate surface area is 121 Å². The van der Waals surface area contributed by atoms with Gasteiger partial charge in [-0.05, 0) is 31.4 Å². The largest absolute Gasteiger partial charge is 0.384 e. The van der Waals surface area contributed by atoms with Crippen LogP contribution in [0.25, 0.3) is 0 Å². The minimum absolute atomic E-state index is 0.0553. The summed E-state index contributed by atoms with van der Waals surface area (Å²) in [4.78, 5) is 2.52. The van der Waals surface area contributed by atoms with E-state index >= 15 is 0 Å². The second kappa shape index (κ2) is 6.02. The van der Waals surface area contributed by atoms with Crippen molar-refractivity contribution in [1.29, 1.82) is 0 Å². The SMILES string of the molecule is COC(OC)C1CCN(c2cccc3c2CCN3)CC1. The van der Waals surface area contributed by atoms with Gasteiger partial charge in [0.15, 0.2) is 6.29 Å². The van der Waals surface area contributed by atoms with Gasteiger partial charge in [0.1, 0.15) is 0 Å². The van der Waals surface area contributed by atoms with Crippen LogP contribution in [-0.2, 0) is 15.9 Å². The van der Waals surface area contributed by atoms with Crippen LogP contribution in [0.5, 0.6) is 0 Å². The van der Waals surface area contributed by atoms with Gasteiger partial charge in [-0.1, -0.05) is 6.07 Å². The Kier molecular flexibility index (Phi) is 4.13. The molecule has 0 bridgehead atoms. The number of ether oxygens (including phenoxy) is 2. The van der Waals surface area contributed by atoms with Crippen LogP contribution in [-0.4, -0.2) is 40.1 Å². The first-order valence-corrected chi connectivity index (χ1v) is 7.49. The van der Waals surface area contributed by atoms with Gasteiger partial charge in [-0.2, -0.15) is 0 Å². The predicted octanol–water partition coefficient (Wildman–Crippen LogP) is 2.49. The number of hydrogen-bond donors (Lipinski definition) is 1. The maximum atomic E-state index is 5.40. The molecule has 0 atom stereocenters. The van der Waals surface area contributed by atoms with E-state index in [4.69, 9.17) is 9.47 Å². The van der Waals surface area contributed by atoms with Crippen molar-refractivity contribution < 1.29 is 9.47 Å². The number of hydrogen-bond acceptors (Lipinski definition) is 4. The van der Waals surface area contributed by atoms with Crippen molar-refractivity contribution in [1.82, 2.24) is 0 Å². The fourth-order valence-corrected chi connectivity index (χ4v) is 3.52. The summed E-state index contributed by atoms with van der Waals surface area (Å²) in [5.41, 5.74) is 4.22. The average Bonchev–Trinajstić information content (AvgIpc) is 2.98. The molecule has 2 aliphatic heterocycles. The summed E-state index contributed by atoms with van der Waals surface area (Å²) in [6, 6.07) is 6.60. The molecular weight excluding hydrogens is 252 g/mol. The first-order chi connectivity index (χ1) is 9.83. The number of piperidine rings is 1. The first-order valence-electron chi connectivity index (χ1n) is 7.49. The van der Waals surface area contributed by atoms with E-state index in [1.54, 1.807) is 14.2 Å². The van der Waals surface area contributed by atoms with Gasteiger partial charge in [0.25, 0.3) is 0 Å². The predicted molar refractivity (Wildman–Crippen MR) is 81.4 cm³/mol. The average molecular weight is 276 g/mol. The molecule has 0 saturated carbocycles. The van der Waals surface area contributed by atoms with Crippen LogP contribution in [0.4, 0.5) is 11.4 Å². The molecule has 1 fully saturated rings. The Morgan fingerprint density at radius 1 is 1.20 bits per heavy atom. The first kappa shape index (κ1) is 13.7. The molecule has 0 unspecified atom stereocenters. The molecule has 4 heteroatoms. The van der Waals surface area contributed by atoms with Gasteiger partial charge in [-0.25, -0.2) is 0 Å². The van der Waals surface area contributed by atoms with Crippen LogP contribution in [0.1, 0.15) is 18.4 Å². The maximum Gasteiger partial charge on any atom is 0.159 e. The molecule has 1 N–H and O–H groups in total. The maximum absolute atomic E-state index is 5.40. The Hall–Kier alpha value is -1.26. The number of nitrogens with one attached hydrogen (secondary N) is 1. The lowest BCUT2D eigenvalue weighted by atomic mass is 9.95. The molecule has 110 valence electrons. The van der Waals surface area contributed by atoms with E-state index < -0.39 is 0 Å². The summed E-state index contributed by atoms with van der Waals surface area (Å²) in [5, 5.41) is 3.46. The highest BCUT2D eigenvalue weighted by Gasteiger charge is 2.28. The molecule has 0 radical (unpaired) electrons. The zero-order valence-electron chi connectivity index (χ0n) is 12.4. The molecule has 4 nitrogen and oxygen atoms in total. The number of rotatable bonds is 4. The Morgan fingerprint density at radius 3 is 2.65 bits per heavy atom. The summed E-state index contributed by atoms with van der Waals surface area (Å²) < 4.78 is 10.8. The highest BCUT2D eigenvalue weighted by Crippen LogP contribution is 2.34. The molecule has 1 aromatic carbocycles. The summed E-state index contributed by atoms with van der Waals surface area (Å²) in [7, 11) is 3.46. The van der Waals surface area contributed by atoms with E-state index in [9.17, 15) is 0 Å².